The molecule has 0 radical (unpaired) electrons. The van der Waals surface area contributed by atoms with Gasteiger partial charge in [-0.3, -0.25) is 4.79 Å². The molecule has 0 bridgehead atoms. The van der Waals surface area contributed by atoms with Gasteiger partial charge in [-0.05, 0) is 22.6 Å². The zero-order chi connectivity index (χ0) is 15.5. The van der Waals surface area contributed by atoms with Gasteiger partial charge in [0.05, 0.1) is 0 Å². The third-order valence-corrected chi connectivity index (χ3v) is 4.97. The van der Waals surface area contributed by atoms with Crippen LogP contribution in [0.25, 0.3) is 11.1 Å². The van der Waals surface area contributed by atoms with E-state index in [1.54, 1.807) is 0 Å². The summed E-state index contributed by atoms with van der Waals surface area (Å²) in [5, 5.41) is 0.228. The summed E-state index contributed by atoms with van der Waals surface area (Å²) in [5.41, 5.74) is 2.26. The van der Waals surface area contributed by atoms with Crippen LogP contribution in [0.2, 0.25) is 0 Å². The topological polar surface area (TPSA) is 17.1 Å². The molecule has 0 aliphatic heterocycles. The molecule has 1 nitrogen and oxygen atoms in total. The zero-order valence-corrected chi connectivity index (χ0v) is 13.9. The molecule has 2 aromatic rings. The third-order valence-electron chi connectivity index (χ3n) is 3.83. The minimum absolute atomic E-state index is 0.00816. The van der Waals surface area contributed by atoms with Crippen molar-refractivity contribution in [1.82, 2.24) is 0 Å². The van der Waals surface area contributed by atoms with Crippen LogP contribution in [0.1, 0.15) is 27.7 Å². The van der Waals surface area contributed by atoms with E-state index in [0.29, 0.717) is 0 Å². The molecule has 21 heavy (non-hydrogen) atoms. The Balaban J connectivity index is 2.28. The molecule has 0 spiro atoms. The lowest BCUT2D eigenvalue weighted by Crippen LogP contribution is -2.23. The average molecular weight is 298 g/mol. The van der Waals surface area contributed by atoms with Gasteiger partial charge in [-0.1, -0.05) is 88.0 Å². The summed E-state index contributed by atoms with van der Waals surface area (Å²) in [5.74, 6) is 0.0197. The molecule has 0 aliphatic rings. The summed E-state index contributed by atoms with van der Waals surface area (Å²) in [6, 6.07) is 18.3. The first-order valence-corrected chi connectivity index (χ1v) is 8.07. The van der Waals surface area contributed by atoms with Gasteiger partial charge in [-0.25, -0.2) is 0 Å². The standard InChI is InChI=1S/C19H22OS/c1-14(19(2,3)4)18(20)21-17-13-9-8-12-16(17)15-10-6-5-7-11-15/h5-14H,1-4H3. The molecule has 2 rings (SSSR count). The van der Waals surface area contributed by atoms with Gasteiger partial charge in [0.25, 0.3) is 0 Å². The largest absolute Gasteiger partial charge is 0.287 e. The highest BCUT2D eigenvalue weighted by molar-refractivity contribution is 8.13. The second-order valence-electron chi connectivity index (χ2n) is 6.37. The molecule has 0 fully saturated rings. The third kappa shape index (κ3) is 3.98. The molecule has 0 N–H and O–H groups in total. The second-order valence-corrected chi connectivity index (χ2v) is 7.42. The van der Waals surface area contributed by atoms with Gasteiger partial charge < -0.3 is 0 Å². The number of rotatable bonds is 3. The summed E-state index contributed by atoms with van der Waals surface area (Å²) in [7, 11) is 0. The van der Waals surface area contributed by atoms with E-state index in [4.69, 9.17) is 0 Å². The second kappa shape index (κ2) is 6.48. The van der Waals surface area contributed by atoms with Crippen LogP contribution in [0.3, 0.4) is 0 Å². The van der Waals surface area contributed by atoms with Crippen LogP contribution in [0.4, 0.5) is 0 Å². The normalized spacial score (nSPS) is 13.0. The molecule has 1 unspecified atom stereocenters. The van der Waals surface area contributed by atoms with E-state index in [-0.39, 0.29) is 16.4 Å². The van der Waals surface area contributed by atoms with Crippen LogP contribution in [0, 0.1) is 11.3 Å². The summed E-state index contributed by atoms with van der Waals surface area (Å²) in [4.78, 5) is 13.5. The Bertz CT molecular complexity index is 611. The predicted molar refractivity (Wildman–Crippen MR) is 91.4 cm³/mol. The summed E-state index contributed by atoms with van der Waals surface area (Å²) in [6.45, 7) is 8.35. The van der Waals surface area contributed by atoms with E-state index in [1.165, 1.54) is 11.8 Å². The average Bonchev–Trinajstić information content (AvgIpc) is 2.47. The van der Waals surface area contributed by atoms with Crippen LogP contribution < -0.4 is 0 Å². The lowest BCUT2D eigenvalue weighted by Gasteiger charge is -2.25. The number of thioether (sulfide) groups is 1. The van der Waals surface area contributed by atoms with Crippen LogP contribution >= 0.6 is 11.8 Å². The minimum Gasteiger partial charge on any atom is -0.287 e. The van der Waals surface area contributed by atoms with Crippen LogP contribution in [0.5, 0.6) is 0 Å². The molecular formula is C19H22OS. The molecule has 2 heteroatoms. The van der Waals surface area contributed by atoms with Gasteiger partial charge in [0.1, 0.15) is 0 Å². The van der Waals surface area contributed by atoms with Crippen molar-refractivity contribution in [1.29, 1.82) is 0 Å². The maximum absolute atomic E-state index is 12.5. The van der Waals surface area contributed by atoms with Gasteiger partial charge in [-0.15, -0.1) is 0 Å². The summed E-state index contributed by atoms with van der Waals surface area (Å²) in [6.07, 6.45) is 0. The molecule has 0 heterocycles. The van der Waals surface area contributed by atoms with Crippen molar-refractivity contribution in [2.24, 2.45) is 11.3 Å². The van der Waals surface area contributed by atoms with E-state index in [2.05, 4.69) is 39.0 Å². The number of carbonyl (C=O) groups excluding carboxylic acids is 1. The highest BCUT2D eigenvalue weighted by Gasteiger charge is 2.27. The highest BCUT2D eigenvalue weighted by Crippen LogP contribution is 2.36. The van der Waals surface area contributed by atoms with Gasteiger partial charge in [-0.2, -0.15) is 0 Å². The van der Waals surface area contributed by atoms with Crippen molar-refractivity contribution in [3.63, 3.8) is 0 Å². The summed E-state index contributed by atoms with van der Waals surface area (Å²) >= 11 is 1.36. The Labute approximate surface area is 131 Å². The monoisotopic (exact) mass is 298 g/mol. The number of hydrogen-bond acceptors (Lipinski definition) is 2. The molecule has 110 valence electrons. The fraction of sp³-hybridized carbons (Fsp3) is 0.316. The first-order valence-electron chi connectivity index (χ1n) is 7.26. The quantitative estimate of drug-likeness (QED) is 0.681. The first-order chi connectivity index (χ1) is 9.89. The number of hydrogen-bond donors (Lipinski definition) is 0. The van der Waals surface area contributed by atoms with Gasteiger partial charge in [0.2, 0.25) is 0 Å². The van der Waals surface area contributed by atoms with Crippen molar-refractivity contribution in [2.75, 3.05) is 0 Å². The smallest absolute Gasteiger partial charge is 0.197 e. The zero-order valence-electron chi connectivity index (χ0n) is 13.1. The number of benzene rings is 2. The van der Waals surface area contributed by atoms with E-state index < -0.39 is 0 Å². The molecule has 0 aliphatic carbocycles. The Hall–Kier alpha value is -1.54. The van der Waals surface area contributed by atoms with E-state index in [9.17, 15) is 4.79 Å². The predicted octanol–water partition coefficient (Wildman–Crippen LogP) is 5.65. The van der Waals surface area contributed by atoms with E-state index in [1.807, 2.05) is 43.3 Å². The van der Waals surface area contributed by atoms with Crippen LogP contribution in [-0.2, 0) is 4.79 Å². The SMILES string of the molecule is CC(C(=O)Sc1ccccc1-c1ccccc1)C(C)(C)C. The van der Waals surface area contributed by atoms with Crippen molar-refractivity contribution < 1.29 is 4.79 Å². The highest BCUT2D eigenvalue weighted by atomic mass is 32.2. The minimum atomic E-state index is -0.00816. The fourth-order valence-corrected chi connectivity index (χ4v) is 3.15. The maximum Gasteiger partial charge on any atom is 0.197 e. The molecule has 0 saturated heterocycles. The molecule has 0 aromatic heterocycles. The molecule has 2 aromatic carbocycles. The Morgan fingerprint density at radius 2 is 1.52 bits per heavy atom. The molecule has 0 saturated carbocycles. The Kier molecular flexibility index (Phi) is 4.89. The van der Waals surface area contributed by atoms with Crippen molar-refractivity contribution in [3.8, 4) is 11.1 Å². The molecule has 0 amide bonds. The fourth-order valence-electron chi connectivity index (χ4n) is 1.96. The van der Waals surface area contributed by atoms with E-state index in [0.717, 1.165) is 16.0 Å². The number of carbonyl (C=O) groups is 1. The van der Waals surface area contributed by atoms with Gasteiger partial charge in [0.15, 0.2) is 5.12 Å². The van der Waals surface area contributed by atoms with Crippen molar-refractivity contribution in [2.45, 2.75) is 32.6 Å². The van der Waals surface area contributed by atoms with Crippen molar-refractivity contribution in [3.05, 3.63) is 54.6 Å². The molecule has 1 atom stereocenters. The lowest BCUT2D eigenvalue weighted by molar-refractivity contribution is -0.116. The first kappa shape index (κ1) is 15.8. The molecular weight excluding hydrogens is 276 g/mol. The van der Waals surface area contributed by atoms with Crippen LogP contribution in [-0.4, -0.2) is 5.12 Å². The Morgan fingerprint density at radius 3 is 2.14 bits per heavy atom. The van der Waals surface area contributed by atoms with E-state index >= 15 is 0 Å². The summed E-state index contributed by atoms with van der Waals surface area (Å²) < 4.78 is 0. The van der Waals surface area contributed by atoms with Crippen LogP contribution in [0.15, 0.2) is 59.5 Å². The lowest BCUT2D eigenvalue weighted by atomic mass is 9.83. The Morgan fingerprint density at radius 1 is 0.952 bits per heavy atom. The van der Waals surface area contributed by atoms with Crippen molar-refractivity contribution >= 4 is 16.9 Å². The van der Waals surface area contributed by atoms with Gasteiger partial charge >= 0.3 is 0 Å². The van der Waals surface area contributed by atoms with Gasteiger partial charge in [0, 0.05) is 10.8 Å². The maximum atomic E-state index is 12.5.